The lowest BCUT2D eigenvalue weighted by molar-refractivity contribution is -0.384. The maximum Gasteiger partial charge on any atom is 0.269 e. The van der Waals surface area contributed by atoms with Crippen LogP contribution in [0.1, 0.15) is 5.56 Å². The minimum absolute atomic E-state index is 0.0285. The summed E-state index contributed by atoms with van der Waals surface area (Å²) in [6.45, 7) is 0. The SMILES string of the molecule is Nc1cccc(NC(=O)Cc2cccc([N+](=O)[O-])c2)c1. The van der Waals surface area contributed by atoms with E-state index >= 15 is 0 Å². The van der Waals surface area contributed by atoms with Gasteiger partial charge >= 0.3 is 0 Å². The minimum Gasteiger partial charge on any atom is -0.399 e. The highest BCUT2D eigenvalue weighted by molar-refractivity contribution is 5.92. The molecule has 2 aromatic rings. The van der Waals surface area contributed by atoms with E-state index in [9.17, 15) is 14.9 Å². The van der Waals surface area contributed by atoms with Crippen LogP contribution in [0, 0.1) is 10.1 Å². The highest BCUT2D eigenvalue weighted by Crippen LogP contribution is 2.15. The maximum atomic E-state index is 11.9. The van der Waals surface area contributed by atoms with Crippen LogP contribution in [0.2, 0.25) is 0 Å². The summed E-state index contributed by atoms with van der Waals surface area (Å²) in [5, 5.41) is 13.3. The summed E-state index contributed by atoms with van der Waals surface area (Å²) >= 11 is 0. The van der Waals surface area contributed by atoms with Crippen LogP contribution in [-0.2, 0) is 11.2 Å². The third-order valence-electron chi connectivity index (χ3n) is 2.66. The fraction of sp³-hybridized carbons (Fsp3) is 0.0714. The molecule has 0 heterocycles. The van der Waals surface area contributed by atoms with Crippen LogP contribution in [0.4, 0.5) is 17.1 Å². The van der Waals surface area contributed by atoms with Gasteiger partial charge in [0.2, 0.25) is 5.91 Å². The van der Waals surface area contributed by atoms with Crippen LogP contribution in [0.25, 0.3) is 0 Å². The van der Waals surface area contributed by atoms with E-state index in [1.165, 1.54) is 12.1 Å². The predicted molar refractivity (Wildman–Crippen MR) is 76.3 cm³/mol. The molecule has 0 radical (unpaired) electrons. The quantitative estimate of drug-likeness (QED) is 0.506. The summed E-state index contributed by atoms with van der Waals surface area (Å²) in [6.07, 6.45) is 0.0660. The Morgan fingerprint density at radius 2 is 1.95 bits per heavy atom. The zero-order valence-electron chi connectivity index (χ0n) is 10.6. The number of carbonyl (C=O) groups excluding carboxylic acids is 1. The van der Waals surface area contributed by atoms with E-state index < -0.39 is 4.92 Å². The van der Waals surface area contributed by atoms with Crippen molar-refractivity contribution in [2.75, 3.05) is 11.1 Å². The molecular weight excluding hydrogens is 258 g/mol. The van der Waals surface area contributed by atoms with Crippen molar-refractivity contribution in [3.8, 4) is 0 Å². The van der Waals surface area contributed by atoms with Gasteiger partial charge in [0.05, 0.1) is 11.3 Å². The van der Waals surface area contributed by atoms with Crippen LogP contribution in [-0.4, -0.2) is 10.8 Å². The van der Waals surface area contributed by atoms with Gasteiger partial charge in [-0.1, -0.05) is 18.2 Å². The number of amides is 1. The van der Waals surface area contributed by atoms with Gasteiger partial charge in [-0.3, -0.25) is 14.9 Å². The van der Waals surface area contributed by atoms with Gasteiger partial charge in [-0.15, -0.1) is 0 Å². The molecule has 0 bridgehead atoms. The zero-order chi connectivity index (χ0) is 14.5. The molecule has 0 saturated heterocycles. The van der Waals surface area contributed by atoms with E-state index in [4.69, 9.17) is 5.73 Å². The Bertz CT molecular complexity index is 656. The predicted octanol–water partition coefficient (Wildman–Crippen LogP) is 2.36. The smallest absolute Gasteiger partial charge is 0.269 e. The van der Waals surface area contributed by atoms with Crippen molar-refractivity contribution in [3.63, 3.8) is 0 Å². The number of carbonyl (C=O) groups is 1. The highest BCUT2D eigenvalue weighted by atomic mass is 16.6. The lowest BCUT2D eigenvalue weighted by Crippen LogP contribution is -2.14. The fourth-order valence-electron chi connectivity index (χ4n) is 1.79. The third kappa shape index (κ3) is 3.55. The number of rotatable bonds is 4. The Morgan fingerprint density at radius 3 is 2.65 bits per heavy atom. The first kappa shape index (κ1) is 13.5. The van der Waals surface area contributed by atoms with E-state index in [-0.39, 0.29) is 18.0 Å². The van der Waals surface area contributed by atoms with Gasteiger partial charge in [0.15, 0.2) is 0 Å². The first-order chi connectivity index (χ1) is 9.54. The number of benzene rings is 2. The van der Waals surface area contributed by atoms with Crippen LogP contribution >= 0.6 is 0 Å². The molecule has 2 aromatic carbocycles. The first-order valence-corrected chi connectivity index (χ1v) is 5.93. The molecule has 0 spiro atoms. The van der Waals surface area contributed by atoms with E-state index in [1.807, 2.05) is 0 Å². The summed E-state index contributed by atoms with van der Waals surface area (Å²) in [5.74, 6) is -0.254. The number of hydrogen-bond acceptors (Lipinski definition) is 4. The van der Waals surface area contributed by atoms with Gasteiger partial charge in [0.1, 0.15) is 0 Å². The maximum absolute atomic E-state index is 11.9. The average Bonchev–Trinajstić information content (AvgIpc) is 2.38. The molecule has 20 heavy (non-hydrogen) atoms. The van der Waals surface area contributed by atoms with Gasteiger partial charge in [0, 0.05) is 23.5 Å². The number of nitro groups is 1. The van der Waals surface area contributed by atoms with Crippen molar-refractivity contribution in [2.24, 2.45) is 0 Å². The molecule has 3 N–H and O–H groups in total. The Hall–Kier alpha value is -2.89. The van der Waals surface area contributed by atoms with Crippen LogP contribution in [0.15, 0.2) is 48.5 Å². The number of hydrogen-bond donors (Lipinski definition) is 2. The normalized spacial score (nSPS) is 10.0. The Balaban J connectivity index is 2.04. The molecule has 6 heteroatoms. The van der Waals surface area contributed by atoms with E-state index in [1.54, 1.807) is 36.4 Å². The van der Waals surface area contributed by atoms with Gasteiger partial charge in [-0.25, -0.2) is 0 Å². The number of nitrogen functional groups attached to an aromatic ring is 1. The first-order valence-electron chi connectivity index (χ1n) is 5.93. The summed E-state index contributed by atoms with van der Waals surface area (Å²) in [5.41, 5.74) is 7.32. The highest BCUT2D eigenvalue weighted by Gasteiger charge is 2.09. The van der Waals surface area contributed by atoms with Gasteiger partial charge in [0.25, 0.3) is 5.69 Å². The Morgan fingerprint density at radius 1 is 1.20 bits per heavy atom. The standard InChI is InChI=1S/C14H13N3O3/c15-11-4-2-5-12(9-11)16-14(18)8-10-3-1-6-13(7-10)17(19)20/h1-7,9H,8,15H2,(H,16,18). The summed E-state index contributed by atoms with van der Waals surface area (Å²) in [4.78, 5) is 22.0. The molecule has 0 aliphatic rings. The second-order valence-corrected chi connectivity index (χ2v) is 4.28. The lowest BCUT2D eigenvalue weighted by Gasteiger charge is -2.06. The van der Waals surface area contributed by atoms with E-state index in [0.29, 0.717) is 16.9 Å². The molecule has 1 amide bonds. The second-order valence-electron chi connectivity index (χ2n) is 4.28. The largest absolute Gasteiger partial charge is 0.399 e. The van der Waals surface area contributed by atoms with E-state index in [2.05, 4.69) is 5.32 Å². The van der Waals surface area contributed by atoms with Crippen LogP contribution in [0.5, 0.6) is 0 Å². The summed E-state index contributed by atoms with van der Waals surface area (Å²) in [7, 11) is 0. The molecule has 0 fully saturated rings. The number of non-ortho nitro benzene ring substituents is 1. The number of nitro benzene ring substituents is 1. The number of anilines is 2. The summed E-state index contributed by atoms with van der Waals surface area (Å²) in [6, 6.07) is 12.8. The molecule has 0 atom stereocenters. The molecular formula is C14H13N3O3. The molecule has 6 nitrogen and oxygen atoms in total. The van der Waals surface area contributed by atoms with Crippen LogP contribution < -0.4 is 11.1 Å². The average molecular weight is 271 g/mol. The molecule has 0 aliphatic carbocycles. The molecule has 0 unspecified atom stereocenters. The molecule has 0 aliphatic heterocycles. The van der Waals surface area contributed by atoms with Crippen molar-refractivity contribution in [1.82, 2.24) is 0 Å². The lowest BCUT2D eigenvalue weighted by atomic mass is 10.1. The van der Waals surface area contributed by atoms with Gasteiger partial charge in [-0.2, -0.15) is 0 Å². The Labute approximate surface area is 115 Å². The van der Waals surface area contributed by atoms with Crippen molar-refractivity contribution in [2.45, 2.75) is 6.42 Å². The third-order valence-corrected chi connectivity index (χ3v) is 2.66. The van der Waals surface area contributed by atoms with Crippen molar-refractivity contribution >= 4 is 23.0 Å². The molecule has 102 valence electrons. The van der Waals surface area contributed by atoms with Crippen molar-refractivity contribution in [1.29, 1.82) is 0 Å². The Kier molecular flexibility index (Phi) is 3.95. The second kappa shape index (κ2) is 5.83. The molecule has 2 rings (SSSR count). The van der Waals surface area contributed by atoms with Gasteiger partial charge in [-0.05, 0) is 23.8 Å². The van der Waals surface area contributed by atoms with Crippen molar-refractivity contribution < 1.29 is 9.72 Å². The van der Waals surface area contributed by atoms with Gasteiger partial charge < -0.3 is 11.1 Å². The minimum atomic E-state index is -0.487. The number of nitrogens with zero attached hydrogens (tertiary/aromatic N) is 1. The fourth-order valence-corrected chi connectivity index (χ4v) is 1.79. The monoisotopic (exact) mass is 271 g/mol. The van der Waals surface area contributed by atoms with E-state index in [0.717, 1.165) is 0 Å². The number of nitrogens with one attached hydrogen (secondary N) is 1. The topological polar surface area (TPSA) is 98.3 Å². The zero-order valence-corrected chi connectivity index (χ0v) is 10.6. The molecule has 0 saturated carbocycles. The number of nitrogens with two attached hydrogens (primary N) is 1. The molecule has 0 aromatic heterocycles. The summed E-state index contributed by atoms with van der Waals surface area (Å²) < 4.78 is 0. The van der Waals surface area contributed by atoms with Crippen LogP contribution in [0.3, 0.4) is 0 Å². The van der Waals surface area contributed by atoms with Crippen molar-refractivity contribution in [3.05, 3.63) is 64.2 Å².